The molecule has 2 aromatic carbocycles. The second-order valence-corrected chi connectivity index (χ2v) is 5.60. The number of hydrogen-bond acceptors (Lipinski definition) is 3. The summed E-state index contributed by atoms with van der Waals surface area (Å²) in [6, 6.07) is 12.4. The molecular weight excluding hydrogens is 391 g/mol. The third-order valence-electron chi connectivity index (χ3n) is 2.48. The molecule has 0 radical (unpaired) electrons. The summed E-state index contributed by atoms with van der Waals surface area (Å²) in [4.78, 5) is 11.8. The average molecular weight is 403 g/mol. The van der Waals surface area contributed by atoms with Crippen LogP contribution in [0, 0.1) is 3.57 Å². The van der Waals surface area contributed by atoms with Gasteiger partial charge in [-0.2, -0.15) is 0 Å². The zero-order valence-electron chi connectivity index (χ0n) is 10.4. The largest absolute Gasteiger partial charge is 0.483 e. The van der Waals surface area contributed by atoms with Crippen molar-refractivity contribution in [2.24, 2.45) is 0 Å². The lowest BCUT2D eigenvalue weighted by molar-refractivity contribution is -0.118. The minimum atomic E-state index is -0.279. The standard InChI is InChI=1S/C14H12ClIN2O2/c15-9-5-6-12(11(17)7-9)18-14(19)8-20-13-4-2-1-3-10(13)16/h1-7H,8,17H2,(H,18,19). The highest BCUT2D eigenvalue weighted by Crippen LogP contribution is 2.23. The Hall–Kier alpha value is -1.47. The lowest BCUT2D eigenvalue weighted by atomic mass is 10.2. The number of amides is 1. The number of rotatable bonds is 4. The second-order valence-electron chi connectivity index (χ2n) is 4.00. The quantitative estimate of drug-likeness (QED) is 0.607. The van der Waals surface area contributed by atoms with E-state index < -0.39 is 0 Å². The smallest absolute Gasteiger partial charge is 0.262 e. The molecule has 0 saturated heterocycles. The summed E-state index contributed by atoms with van der Waals surface area (Å²) in [6.07, 6.45) is 0. The van der Waals surface area contributed by atoms with Crippen LogP contribution in [0.25, 0.3) is 0 Å². The minimum Gasteiger partial charge on any atom is -0.483 e. The molecule has 3 N–H and O–H groups in total. The van der Waals surface area contributed by atoms with Gasteiger partial charge in [0, 0.05) is 5.02 Å². The molecule has 1 amide bonds. The second kappa shape index (κ2) is 6.81. The highest BCUT2D eigenvalue weighted by molar-refractivity contribution is 14.1. The fraction of sp³-hybridized carbons (Fsp3) is 0.0714. The van der Waals surface area contributed by atoms with E-state index in [-0.39, 0.29) is 12.5 Å². The number of para-hydroxylation sites is 1. The van der Waals surface area contributed by atoms with Crippen molar-refractivity contribution in [2.45, 2.75) is 0 Å². The lowest BCUT2D eigenvalue weighted by Gasteiger charge is -2.10. The predicted octanol–water partition coefficient (Wildman–Crippen LogP) is 3.54. The van der Waals surface area contributed by atoms with Crippen molar-refractivity contribution in [3.05, 3.63) is 51.1 Å². The number of carbonyl (C=O) groups excluding carboxylic acids is 1. The maximum Gasteiger partial charge on any atom is 0.262 e. The predicted molar refractivity (Wildman–Crippen MR) is 89.1 cm³/mol. The average Bonchev–Trinajstić information content (AvgIpc) is 2.41. The van der Waals surface area contributed by atoms with E-state index in [2.05, 4.69) is 27.9 Å². The molecule has 0 atom stereocenters. The van der Waals surface area contributed by atoms with Crippen molar-refractivity contribution in [1.82, 2.24) is 0 Å². The van der Waals surface area contributed by atoms with Gasteiger partial charge in [-0.1, -0.05) is 23.7 Å². The number of carbonyl (C=O) groups is 1. The first kappa shape index (κ1) is 14.9. The summed E-state index contributed by atoms with van der Waals surface area (Å²) in [5, 5.41) is 3.20. The Kier molecular flexibility index (Phi) is 5.08. The van der Waals surface area contributed by atoms with Gasteiger partial charge in [-0.05, 0) is 52.9 Å². The topological polar surface area (TPSA) is 64.3 Å². The van der Waals surface area contributed by atoms with E-state index in [4.69, 9.17) is 22.1 Å². The Morgan fingerprint density at radius 1 is 1.30 bits per heavy atom. The molecule has 104 valence electrons. The van der Waals surface area contributed by atoms with E-state index in [0.29, 0.717) is 22.1 Å². The van der Waals surface area contributed by atoms with Crippen LogP contribution in [-0.4, -0.2) is 12.5 Å². The summed E-state index contributed by atoms with van der Waals surface area (Å²) in [5.41, 5.74) is 6.70. The summed E-state index contributed by atoms with van der Waals surface area (Å²) in [6.45, 7) is -0.0813. The van der Waals surface area contributed by atoms with Gasteiger partial charge in [-0.3, -0.25) is 4.79 Å². The van der Waals surface area contributed by atoms with E-state index in [1.54, 1.807) is 18.2 Å². The first-order chi connectivity index (χ1) is 9.56. The Balaban J connectivity index is 1.94. The van der Waals surface area contributed by atoms with E-state index in [0.717, 1.165) is 3.57 Å². The van der Waals surface area contributed by atoms with Crippen molar-refractivity contribution >= 4 is 51.5 Å². The zero-order valence-corrected chi connectivity index (χ0v) is 13.3. The van der Waals surface area contributed by atoms with Crippen LogP contribution in [0.1, 0.15) is 0 Å². The van der Waals surface area contributed by atoms with E-state index in [1.807, 2.05) is 24.3 Å². The zero-order chi connectivity index (χ0) is 14.5. The SMILES string of the molecule is Nc1cc(Cl)ccc1NC(=O)COc1ccccc1I. The van der Waals surface area contributed by atoms with E-state index >= 15 is 0 Å². The molecule has 0 aliphatic carbocycles. The maximum atomic E-state index is 11.8. The van der Waals surface area contributed by atoms with Gasteiger partial charge < -0.3 is 15.8 Å². The van der Waals surface area contributed by atoms with Crippen molar-refractivity contribution in [3.63, 3.8) is 0 Å². The van der Waals surface area contributed by atoms with Crippen molar-refractivity contribution in [3.8, 4) is 5.75 Å². The molecule has 2 rings (SSSR count). The van der Waals surface area contributed by atoms with Gasteiger partial charge in [0.25, 0.3) is 5.91 Å². The van der Waals surface area contributed by atoms with Gasteiger partial charge in [0.05, 0.1) is 14.9 Å². The number of nitrogens with two attached hydrogens (primary N) is 1. The minimum absolute atomic E-state index is 0.0813. The third-order valence-corrected chi connectivity index (χ3v) is 3.61. The Morgan fingerprint density at radius 3 is 2.75 bits per heavy atom. The molecule has 20 heavy (non-hydrogen) atoms. The number of nitrogen functional groups attached to an aromatic ring is 1. The van der Waals surface area contributed by atoms with Gasteiger partial charge in [0.15, 0.2) is 6.61 Å². The number of nitrogens with one attached hydrogen (secondary N) is 1. The molecule has 0 aromatic heterocycles. The van der Waals surface area contributed by atoms with Crippen LogP contribution in [0.15, 0.2) is 42.5 Å². The summed E-state index contributed by atoms with van der Waals surface area (Å²) < 4.78 is 6.40. The first-order valence-corrected chi connectivity index (χ1v) is 7.24. The molecule has 6 heteroatoms. The third kappa shape index (κ3) is 4.01. The normalized spacial score (nSPS) is 10.1. The first-order valence-electron chi connectivity index (χ1n) is 5.78. The summed E-state index contributed by atoms with van der Waals surface area (Å²) >= 11 is 7.94. The Bertz CT molecular complexity index is 634. The van der Waals surface area contributed by atoms with Crippen molar-refractivity contribution in [2.75, 3.05) is 17.7 Å². The van der Waals surface area contributed by atoms with Crippen molar-refractivity contribution in [1.29, 1.82) is 0 Å². The molecule has 2 aromatic rings. The van der Waals surface area contributed by atoms with Gasteiger partial charge >= 0.3 is 0 Å². The Morgan fingerprint density at radius 2 is 2.05 bits per heavy atom. The molecule has 0 spiro atoms. The molecule has 0 aliphatic rings. The molecule has 0 bridgehead atoms. The highest BCUT2D eigenvalue weighted by atomic mass is 127. The molecular formula is C14H12ClIN2O2. The van der Waals surface area contributed by atoms with Crippen LogP contribution in [0.4, 0.5) is 11.4 Å². The highest BCUT2D eigenvalue weighted by Gasteiger charge is 2.07. The number of halogens is 2. The number of ether oxygens (including phenoxy) is 1. The molecule has 0 aliphatic heterocycles. The summed E-state index contributed by atoms with van der Waals surface area (Å²) in [7, 11) is 0. The number of benzene rings is 2. The lowest BCUT2D eigenvalue weighted by Crippen LogP contribution is -2.21. The van der Waals surface area contributed by atoms with E-state index in [9.17, 15) is 4.79 Å². The number of hydrogen-bond donors (Lipinski definition) is 2. The fourth-order valence-electron chi connectivity index (χ4n) is 1.54. The molecule has 0 heterocycles. The molecule has 0 saturated carbocycles. The van der Waals surface area contributed by atoms with Gasteiger partial charge in [0.1, 0.15) is 5.75 Å². The van der Waals surface area contributed by atoms with Gasteiger partial charge in [-0.25, -0.2) is 0 Å². The molecule has 4 nitrogen and oxygen atoms in total. The van der Waals surface area contributed by atoms with Crippen LogP contribution < -0.4 is 15.8 Å². The van der Waals surface area contributed by atoms with Gasteiger partial charge in [-0.15, -0.1) is 0 Å². The van der Waals surface area contributed by atoms with Crippen LogP contribution in [-0.2, 0) is 4.79 Å². The Labute approximate surface area is 135 Å². The van der Waals surface area contributed by atoms with Crippen LogP contribution in [0.5, 0.6) is 5.75 Å². The molecule has 0 unspecified atom stereocenters. The van der Waals surface area contributed by atoms with E-state index in [1.165, 1.54) is 0 Å². The monoisotopic (exact) mass is 402 g/mol. The van der Waals surface area contributed by atoms with Crippen LogP contribution in [0.2, 0.25) is 5.02 Å². The summed E-state index contributed by atoms with van der Waals surface area (Å²) in [5.74, 6) is 0.394. The van der Waals surface area contributed by atoms with Crippen LogP contribution >= 0.6 is 34.2 Å². The fourth-order valence-corrected chi connectivity index (χ4v) is 2.26. The van der Waals surface area contributed by atoms with Gasteiger partial charge in [0.2, 0.25) is 0 Å². The molecule has 0 fully saturated rings. The number of anilines is 2. The van der Waals surface area contributed by atoms with Crippen LogP contribution in [0.3, 0.4) is 0 Å². The maximum absolute atomic E-state index is 11.8. The van der Waals surface area contributed by atoms with Crippen molar-refractivity contribution < 1.29 is 9.53 Å².